The van der Waals surface area contributed by atoms with Crippen LogP contribution in [0, 0.1) is 0 Å². The van der Waals surface area contributed by atoms with E-state index in [1.165, 1.54) is 0 Å². The molecule has 9 heavy (non-hydrogen) atoms. The van der Waals surface area contributed by atoms with Gasteiger partial charge in [0, 0.05) is 6.42 Å². The molecule has 0 saturated carbocycles. The van der Waals surface area contributed by atoms with E-state index < -0.39 is 0 Å². The summed E-state index contributed by atoms with van der Waals surface area (Å²) in [5, 5.41) is 7.56. The molecule has 0 fully saturated rings. The molecule has 0 atom stereocenters. The average molecular weight is 135 g/mol. The van der Waals surface area contributed by atoms with Crippen molar-refractivity contribution in [1.29, 1.82) is 0 Å². The number of halogens is 1. The van der Waals surface area contributed by atoms with Gasteiger partial charge in [0.05, 0.1) is 6.54 Å². The molecule has 0 aliphatic heterocycles. The van der Waals surface area contributed by atoms with E-state index in [-0.39, 0.29) is 11.8 Å². The summed E-state index contributed by atoms with van der Waals surface area (Å²) in [5.41, 5.74) is 0. The predicted octanol–water partition coefficient (Wildman–Crippen LogP) is 0.931. The summed E-state index contributed by atoms with van der Waals surface area (Å²) in [7, 11) is 0. The first kappa shape index (κ1) is 8.52. The molecule has 0 unspecified atom stereocenters. The minimum Gasteiger partial charge on any atom is -0.303 e. The third-order valence-electron chi connectivity index (χ3n) is 0.915. The maximum absolute atomic E-state index is 11.4. The predicted molar refractivity (Wildman–Crippen MR) is 29.5 cm³/mol. The summed E-state index contributed by atoms with van der Waals surface area (Å²) in [5.74, 6) is 0. The summed E-state index contributed by atoms with van der Waals surface area (Å²) >= 11 is 0. The number of hydrogen-bond acceptors (Lipinski definition) is 3. The van der Waals surface area contributed by atoms with E-state index in [0.29, 0.717) is 19.3 Å². The van der Waals surface area contributed by atoms with Crippen LogP contribution in [-0.2, 0) is 4.79 Å². The van der Waals surface area contributed by atoms with Gasteiger partial charge in [-0.05, 0) is 18.1 Å². The molecule has 0 heterocycles. The Bertz CT molecular complexity index is 77.4. The topological polar surface area (TPSA) is 40.5 Å². The zero-order valence-corrected chi connectivity index (χ0v) is 5.09. The van der Waals surface area contributed by atoms with Crippen molar-refractivity contribution >= 4 is 6.29 Å². The van der Waals surface area contributed by atoms with Gasteiger partial charge in [0.25, 0.3) is 0 Å². The third-order valence-corrected chi connectivity index (χ3v) is 0.915. The first-order valence-electron chi connectivity index (χ1n) is 2.83. The number of aldehydes is 1. The Morgan fingerprint density at radius 3 is 2.67 bits per heavy atom. The van der Waals surface area contributed by atoms with Crippen molar-refractivity contribution in [2.24, 2.45) is 0 Å². The number of hydrogen-bond donors (Lipinski definition) is 1. The van der Waals surface area contributed by atoms with Gasteiger partial charge in [0.15, 0.2) is 0 Å². The Labute approximate surface area is 53.0 Å². The summed E-state index contributed by atoms with van der Waals surface area (Å²) in [6.07, 6.45) is 2.35. The van der Waals surface area contributed by atoms with Gasteiger partial charge in [-0.2, -0.15) is 0 Å². The lowest BCUT2D eigenvalue weighted by atomic mass is 10.2. The van der Waals surface area contributed by atoms with Crippen LogP contribution in [0.25, 0.3) is 0 Å². The van der Waals surface area contributed by atoms with Crippen LogP contribution < -0.4 is 0 Å². The van der Waals surface area contributed by atoms with Crippen LogP contribution in [0.4, 0.5) is 4.48 Å². The van der Waals surface area contributed by atoms with Crippen LogP contribution in [0.15, 0.2) is 0 Å². The minimum atomic E-state index is -0.370. The second-order valence-corrected chi connectivity index (χ2v) is 1.72. The molecule has 0 bridgehead atoms. The van der Waals surface area contributed by atoms with E-state index in [1.807, 2.05) is 0 Å². The highest BCUT2D eigenvalue weighted by molar-refractivity contribution is 5.48. The molecule has 0 aliphatic carbocycles. The SMILES string of the molecule is O=CCCCCN(O)F. The van der Waals surface area contributed by atoms with Crippen molar-refractivity contribution in [3.8, 4) is 0 Å². The van der Waals surface area contributed by atoms with Crippen LogP contribution in [0.5, 0.6) is 0 Å². The summed E-state index contributed by atoms with van der Waals surface area (Å²) < 4.78 is 11.4. The van der Waals surface area contributed by atoms with E-state index in [2.05, 4.69) is 0 Å². The summed E-state index contributed by atoms with van der Waals surface area (Å²) in [4.78, 5) is 9.68. The Kier molecular flexibility index (Phi) is 5.35. The zero-order chi connectivity index (χ0) is 7.11. The van der Waals surface area contributed by atoms with Crippen LogP contribution in [0.1, 0.15) is 19.3 Å². The quantitative estimate of drug-likeness (QED) is 0.264. The number of unbranched alkanes of at least 4 members (excludes halogenated alkanes) is 2. The van der Waals surface area contributed by atoms with Crippen molar-refractivity contribution < 1.29 is 14.5 Å². The van der Waals surface area contributed by atoms with E-state index in [4.69, 9.17) is 5.21 Å². The van der Waals surface area contributed by atoms with Gasteiger partial charge in [-0.3, -0.25) is 5.21 Å². The van der Waals surface area contributed by atoms with Crippen LogP contribution in [0.3, 0.4) is 0 Å². The number of carbonyl (C=O) groups is 1. The lowest BCUT2D eigenvalue weighted by molar-refractivity contribution is -0.237. The second-order valence-electron chi connectivity index (χ2n) is 1.72. The van der Waals surface area contributed by atoms with E-state index >= 15 is 0 Å². The number of nitrogens with zero attached hydrogens (tertiary/aromatic N) is 1. The molecule has 0 aliphatic rings. The van der Waals surface area contributed by atoms with Gasteiger partial charge in [0.1, 0.15) is 6.29 Å². The smallest absolute Gasteiger partial charge is 0.119 e. The lowest BCUT2D eigenvalue weighted by Crippen LogP contribution is -2.08. The highest BCUT2D eigenvalue weighted by Gasteiger charge is 1.93. The molecule has 0 spiro atoms. The van der Waals surface area contributed by atoms with Crippen molar-refractivity contribution in [3.63, 3.8) is 0 Å². The molecule has 0 aromatic carbocycles. The van der Waals surface area contributed by atoms with Crippen molar-refractivity contribution in [2.75, 3.05) is 6.54 Å². The molecule has 0 rings (SSSR count). The first-order valence-corrected chi connectivity index (χ1v) is 2.83. The number of hydroxylamine groups is 1. The molecule has 0 aromatic heterocycles. The third kappa shape index (κ3) is 7.52. The molecule has 0 radical (unpaired) electrons. The average Bonchev–Trinajstić information content (AvgIpc) is 1.80. The number of rotatable bonds is 5. The summed E-state index contributed by atoms with van der Waals surface area (Å²) in [6, 6.07) is 0. The molecule has 4 heteroatoms. The van der Waals surface area contributed by atoms with Gasteiger partial charge in [-0.15, -0.1) is 4.48 Å². The Hall–Kier alpha value is -0.480. The largest absolute Gasteiger partial charge is 0.303 e. The highest BCUT2D eigenvalue weighted by Crippen LogP contribution is 1.94. The minimum absolute atomic E-state index is 0.0200. The normalized spacial score (nSPS) is 10.1. The van der Waals surface area contributed by atoms with Crippen molar-refractivity contribution in [3.05, 3.63) is 0 Å². The maximum atomic E-state index is 11.4. The van der Waals surface area contributed by atoms with E-state index in [9.17, 15) is 9.28 Å². The monoisotopic (exact) mass is 135 g/mol. The fraction of sp³-hybridized carbons (Fsp3) is 0.800. The van der Waals surface area contributed by atoms with E-state index in [1.54, 1.807) is 0 Å². The van der Waals surface area contributed by atoms with Gasteiger partial charge in [-0.1, -0.05) is 0 Å². The van der Waals surface area contributed by atoms with Crippen LogP contribution in [-0.4, -0.2) is 23.3 Å². The first-order chi connectivity index (χ1) is 4.27. The molecule has 0 aromatic rings. The van der Waals surface area contributed by atoms with Gasteiger partial charge < -0.3 is 4.79 Å². The highest BCUT2D eigenvalue weighted by atomic mass is 19.2. The van der Waals surface area contributed by atoms with Gasteiger partial charge in [-0.25, -0.2) is 0 Å². The van der Waals surface area contributed by atoms with Crippen LogP contribution in [0.2, 0.25) is 0 Å². The Morgan fingerprint density at radius 1 is 1.56 bits per heavy atom. The molecule has 0 saturated heterocycles. The molecular weight excluding hydrogens is 125 g/mol. The second kappa shape index (κ2) is 5.65. The van der Waals surface area contributed by atoms with Crippen molar-refractivity contribution in [2.45, 2.75) is 19.3 Å². The van der Waals surface area contributed by atoms with Gasteiger partial charge in [0.2, 0.25) is 0 Å². The summed E-state index contributed by atoms with van der Waals surface area (Å²) in [6.45, 7) is -0.0200. The number of carbonyl (C=O) groups excluding carboxylic acids is 1. The Balaban J connectivity index is 2.82. The molecule has 54 valence electrons. The fourth-order valence-corrected chi connectivity index (χ4v) is 0.470. The molecule has 1 N–H and O–H groups in total. The molecule has 0 amide bonds. The molecule has 3 nitrogen and oxygen atoms in total. The van der Waals surface area contributed by atoms with Crippen LogP contribution >= 0.6 is 0 Å². The standard InChI is InChI=1S/C5H10FNO2/c6-7(9)4-2-1-3-5-8/h5,9H,1-4H2. The van der Waals surface area contributed by atoms with E-state index in [0.717, 1.165) is 6.29 Å². The fourth-order valence-electron chi connectivity index (χ4n) is 0.470. The zero-order valence-electron chi connectivity index (χ0n) is 5.09. The maximum Gasteiger partial charge on any atom is 0.119 e. The Morgan fingerprint density at radius 2 is 2.22 bits per heavy atom. The van der Waals surface area contributed by atoms with Crippen molar-refractivity contribution in [1.82, 2.24) is 5.29 Å². The molecular formula is C5H10FNO2. The van der Waals surface area contributed by atoms with Gasteiger partial charge >= 0.3 is 0 Å². The lowest BCUT2D eigenvalue weighted by Gasteiger charge is -1.99.